The second-order valence-electron chi connectivity index (χ2n) is 4.74. The van der Waals surface area contributed by atoms with Crippen LogP contribution >= 0.6 is 11.3 Å². The Labute approximate surface area is 129 Å². The quantitative estimate of drug-likeness (QED) is 0.861. The third-order valence-electron chi connectivity index (χ3n) is 3.25. The molecule has 0 saturated carbocycles. The molecule has 1 amide bonds. The summed E-state index contributed by atoms with van der Waals surface area (Å²) in [5, 5.41) is 5.96. The van der Waals surface area contributed by atoms with Crippen LogP contribution in [0.1, 0.15) is 39.7 Å². The highest BCUT2D eigenvalue weighted by molar-refractivity contribution is 7.11. The van der Waals surface area contributed by atoms with Gasteiger partial charge in [-0.15, -0.1) is 11.3 Å². The third-order valence-corrected chi connectivity index (χ3v) is 4.48. The van der Waals surface area contributed by atoms with Gasteiger partial charge in [-0.3, -0.25) is 4.79 Å². The fourth-order valence-electron chi connectivity index (χ4n) is 2.00. The summed E-state index contributed by atoms with van der Waals surface area (Å²) in [4.78, 5) is 19.2. The Hall–Kier alpha value is -1.88. The molecular weight excluding hydrogens is 282 g/mol. The van der Waals surface area contributed by atoms with Crippen LogP contribution in [-0.4, -0.2) is 17.9 Å². The molecule has 5 heteroatoms. The third kappa shape index (κ3) is 4.04. The van der Waals surface area contributed by atoms with Crippen molar-refractivity contribution in [1.29, 1.82) is 0 Å². The van der Waals surface area contributed by atoms with Crippen molar-refractivity contribution in [3.05, 3.63) is 45.3 Å². The summed E-state index contributed by atoms with van der Waals surface area (Å²) in [6, 6.07) is 7.82. The van der Waals surface area contributed by atoms with Gasteiger partial charge in [0.1, 0.15) is 5.82 Å². The summed E-state index contributed by atoms with van der Waals surface area (Å²) < 4.78 is 0. The highest BCUT2D eigenvalue weighted by Crippen LogP contribution is 2.17. The zero-order valence-electron chi connectivity index (χ0n) is 12.7. The summed E-state index contributed by atoms with van der Waals surface area (Å²) in [6.07, 6.45) is 1.84. The number of carbonyl (C=O) groups is 1. The number of rotatable bonds is 6. The van der Waals surface area contributed by atoms with Crippen molar-refractivity contribution < 1.29 is 4.79 Å². The van der Waals surface area contributed by atoms with Gasteiger partial charge >= 0.3 is 0 Å². The van der Waals surface area contributed by atoms with Crippen molar-refractivity contribution in [3.8, 4) is 0 Å². The Morgan fingerprint density at radius 1 is 1.19 bits per heavy atom. The van der Waals surface area contributed by atoms with Crippen LogP contribution in [0.25, 0.3) is 0 Å². The molecule has 2 rings (SSSR count). The Bertz CT molecular complexity index is 599. The van der Waals surface area contributed by atoms with E-state index in [1.807, 2.05) is 13.0 Å². The minimum Gasteiger partial charge on any atom is -0.373 e. The van der Waals surface area contributed by atoms with Crippen LogP contribution in [0, 0.1) is 0 Å². The van der Waals surface area contributed by atoms with Crippen LogP contribution in [-0.2, 0) is 19.4 Å². The van der Waals surface area contributed by atoms with Gasteiger partial charge in [-0.25, -0.2) is 4.98 Å². The van der Waals surface area contributed by atoms with Gasteiger partial charge in [0.2, 0.25) is 0 Å². The van der Waals surface area contributed by atoms with E-state index in [-0.39, 0.29) is 5.91 Å². The predicted octanol–water partition coefficient (Wildman–Crippen LogP) is 3.24. The number of amides is 1. The number of aryl methyl sites for hydroxylation is 2. The van der Waals surface area contributed by atoms with Gasteiger partial charge in [0.15, 0.2) is 0 Å². The zero-order chi connectivity index (χ0) is 15.2. The van der Waals surface area contributed by atoms with Crippen molar-refractivity contribution in [2.24, 2.45) is 0 Å². The lowest BCUT2D eigenvalue weighted by Crippen LogP contribution is -2.22. The molecule has 0 fully saturated rings. The lowest BCUT2D eigenvalue weighted by atomic mass is 10.2. The SMILES string of the molecule is CCc1cc(C(=O)NCc2ccc(CC)s2)cc(NC)n1. The van der Waals surface area contributed by atoms with Crippen molar-refractivity contribution in [1.82, 2.24) is 10.3 Å². The summed E-state index contributed by atoms with van der Waals surface area (Å²) in [6.45, 7) is 4.74. The molecule has 0 aliphatic rings. The van der Waals surface area contributed by atoms with Crippen molar-refractivity contribution in [2.45, 2.75) is 33.2 Å². The average Bonchev–Trinajstić information content (AvgIpc) is 3.00. The maximum absolute atomic E-state index is 12.3. The first-order chi connectivity index (χ1) is 10.2. The van der Waals surface area contributed by atoms with Gasteiger partial charge in [-0.1, -0.05) is 13.8 Å². The molecule has 112 valence electrons. The topological polar surface area (TPSA) is 54.0 Å². The Morgan fingerprint density at radius 2 is 1.95 bits per heavy atom. The predicted molar refractivity (Wildman–Crippen MR) is 88.0 cm³/mol. The number of pyridine rings is 1. The normalized spacial score (nSPS) is 10.4. The van der Waals surface area contributed by atoms with Crippen molar-refractivity contribution in [3.63, 3.8) is 0 Å². The fraction of sp³-hybridized carbons (Fsp3) is 0.375. The number of hydrogen-bond acceptors (Lipinski definition) is 4. The van der Waals surface area contributed by atoms with Crippen LogP contribution in [0.2, 0.25) is 0 Å². The van der Waals surface area contributed by atoms with Gasteiger partial charge in [0.25, 0.3) is 5.91 Å². The molecule has 2 aromatic rings. The van der Waals surface area contributed by atoms with E-state index in [1.54, 1.807) is 24.5 Å². The number of anilines is 1. The van der Waals surface area contributed by atoms with E-state index in [0.29, 0.717) is 12.1 Å². The van der Waals surface area contributed by atoms with Gasteiger partial charge in [-0.05, 0) is 37.1 Å². The van der Waals surface area contributed by atoms with Crippen LogP contribution < -0.4 is 10.6 Å². The molecule has 2 heterocycles. The van der Waals surface area contributed by atoms with Gasteiger partial charge in [0.05, 0.1) is 6.54 Å². The highest BCUT2D eigenvalue weighted by atomic mass is 32.1. The molecule has 21 heavy (non-hydrogen) atoms. The second kappa shape index (κ2) is 7.22. The molecule has 2 N–H and O–H groups in total. The monoisotopic (exact) mass is 303 g/mol. The number of nitrogens with one attached hydrogen (secondary N) is 2. The molecule has 0 saturated heterocycles. The van der Waals surface area contributed by atoms with Crippen molar-refractivity contribution in [2.75, 3.05) is 12.4 Å². The number of nitrogens with zero attached hydrogens (tertiary/aromatic N) is 1. The molecule has 0 unspecified atom stereocenters. The van der Waals surface area contributed by atoms with E-state index < -0.39 is 0 Å². The molecule has 0 bridgehead atoms. The van der Waals surface area contributed by atoms with E-state index in [9.17, 15) is 4.79 Å². The smallest absolute Gasteiger partial charge is 0.251 e. The van der Waals surface area contributed by atoms with Crippen LogP contribution in [0.3, 0.4) is 0 Å². The second-order valence-corrected chi connectivity index (χ2v) is 5.99. The molecule has 0 aliphatic heterocycles. The van der Waals surface area contributed by atoms with Crippen LogP contribution in [0.15, 0.2) is 24.3 Å². The fourth-order valence-corrected chi connectivity index (χ4v) is 2.90. The first-order valence-electron chi connectivity index (χ1n) is 7.20. The maximum atomic E-state index is 12.3. The Morgan fingerprint density at radius 3 is 2.57 bits per heavy atom. The summed E-state index contributed by atoms with van der Waals surface area (Å²) in [7, 11) is 1.81. The van der Waals surface area contributed by atoms with Crippen LogP contribution in [0.4, 0.5) is 5.82 Å². The summed E-state index contributed by atoms with van der Waals surface area (Å²) in [5.41, 5.74) is 1.56. The van der Waals surface area contributed by atoms with Crippen molar-refractivity contribution >= 4 is 23.1 Å². The molecule has 4 nitrogen and oxygen atoms in total. The van der Waals surface area contributed by atoms with E-state index in [0.717, 1.165) is 24.4 Å². The molecule has 0 spiro atoms. The van der Waals surface area contributed by atoms with Gasteiger partial charge < -0.3 is 10.6 Å². The van der Waals surface area contributed by atoms with E-state index in [2.05, 4.69) is 34.7 Å². The number of hydrogen-bond donors (Lipinski definition) is 2. The first kappa shape index (κ1) is 15.5. The molecule has 0 atom stereocenters. The van der Waals surface area contributed by atoms with Gasteiger partial charge in [-0.2, -0.15) is 0 Å². The lowest BCUT2D eigenvalue weighted by molar-refractivity contribution is 0.0951. The standard InChI is InChI=1S/C16H21N3OS/c1-4-12-8-11(9-15(17-3)19-12)16(20)18-10-14-7-6-13(5-2)21-14/h6-9H,4-5,10H2,1-3H3,(H,17,19)(H,18,20). The number of aromatic nitrogens is 1. The molecule has 2 aromatic heterocycles. The number of carbonyl (C=O) groups excluding carboxylic acids is 1. The lowest BCUT2D eigenvalue weighted by Gasteiger charge is -2.08. The Kier molecular flexibility index (Phi) is 5.33. The maximum Gasteiger partial charge on any atom is 0.251 e. The van der Waals surface area contributed by atoms with Gasteiger partial charge in [0, 0.05) is 28.1 Å². The highest BCUT2D eigenvalue weighted by Gasteiger charge is 2.09. The first-order valence-corrected chi connectivity index (χ1v) is 8.02. The zero-order valence-corrected chi connectivity index (χ0v) is 13.5. The summed E-state index contributed by atoms with van der Waals surface area (Å²) in [5.74, 6) is 0.666. The molecule has 0 aromatic carbocycles. The molecule has 0 radical (unpaired) electrons. The molecule has 0 aliphatic carbocycles. The van der Waals surface area contributed by atoms with E-state index in [4.69, 9.17) is 0 Å². The largest absolute Gasteiger partial charge is 0.373 e. The Balaban J connectivity index is 2.05. The number of thiophene rings is 1. The van der Waals surface area contributed by atoms with E-state index in [1.165, 1.54) is 9.75 Å². The molecular formula is C16H21N3OS. The van der Waals surface area contributed by atoms with Crippen LogP contribution in [0.5, 0.6) is 0 Å². The van der Waals surface area contributed by atoms with E-state index >= 15 is 0 Å². The minimum atomic E-state index is -0.0601. The minimum absolute atomic E-state index is 0.0601. The summed E-state index contributed by atoms with van der Waals surface area (Å²) >= 11 is 1.75. The average molecular weight is 303 g/mol.